The minimum atomic E-state index is -4.24. The molecule has 0 radical (unpaired) electrons. The van der Waals surface area contributed by atoms with Crippen LogP contribution in [0.1, 0.15) is 104 Å². The van der Waals surface area contributed by atoms with Gasteiger partial charge in [-0.1, -0.05) is 18.0 Å². The van der Waals surface area contributed by atoms with E-state index in [-0.39, 0.29) is 42.8 Å². The predicted molar refractivity (Wildman–Crippen MR) is 130 cm³/mol. The zero-order valence-electron chi connectivity index (χ0n) is 21.5. The Bertz CT molecular complexity index is 1140. The lowest BCUT2D eigenvalue weighted by Crippen LogP contribution is -2.46. The molecule has 2 saturated heterocycles. The van der Waals surface area contributed by atoms with E-state index in [1.807, 2.05) is 0 Å². The standard InChI is InChI=1S/C27H33F3N4O4/c1-36-26(35)22-12-32-23(13-31-22)34-16-8-9-17(34)11-18(10-16)37-14-20-24(33-38-25(20)15-6-7-15)19-4-2-3-5-21(19)27(28,29)30/h12-13,15-19,21H,2-11,14H2,1H3. The molecule has 0 N–H and O–H groups in total. The second kappa shape index (κ2) is 10.1. The topological polar surface area (TPSA) is 90.6 Å². The number of anilines is 1. The Morgan fingerprint density at radius 1 is 1.05 bits per heavy atom. The lowest BCUT2D eigenvalue weighted by atomic mass is 9.76. The van der Waals surface area contributed by atoms with Crippen molar-refractivity contribution in [1.29, 1.82) is 0 Å². The average molecular weight is 535 g/mol. The Labute approximate surface area is 219 Å². The number of ether oxygens (including phenoxy) is 2. The molecule has 38 heavy (non-hydrogen) atoms. The van der Waals surface area contributed by atoms with Gasteiger partial charge in [0.15, 0.2) is 5.69 Å². The number of fused-ring (bicyclic) bond motifs is 2. The van der Waals surface area contributed by atoms with Crippen LogP contribution in [0.4, 0.5) is 19.0 Å². The fraction of sp³-hybridized carbons (Fsp3) is 0.704. The summed E-state index contributed by atoms with van der Waals surface area (Å²) in [5, 5.41) is 4.24. The third-order valence-corrected chi connectivity index (χ3v) is 8.79. The summed E-state index contributed by atoms with van der Waals surface area (Å²) in [6.45, 7) is 0.240. The van der Waals surface area contributed by atoms with Crippen LogP contribution >= 0.6 is 0 Å². The van der Waals surface area contributed by atoms with Gasteiger partial charge < -0.3 is 18.9 Å². The molecule has 2 aliphatic carbocycles. The number of carbonyl (C=O) groups excluding carboxylic acids is 1. The van der Waals surface area contributed by atoms with Gasteiger partial charge in [-0.2, -0.15) is 13.2 Å². The van der Waals surface area contributed by atoms with E-state index in [0.29, 0.717) is 18.5 Å². The van der Waals surface area contributed by atoms with E-state index in [4.69, 9.17) is 14.0 Å². The highest BCUT2D eigenvalue weighted by molar-refractivity contribution is 5.86. The van der Waals surface area contributed by atoms with Gasteiger partial charge >= 0.3 is 12.1 Å². The minimum absolute atomic E-state index is 0.00868. The van der Waals surface area contributed by atoms with Gasteiger partial charge in [-0.05, 0) is 51.4 Å². The number of rotatable bonds is 7. The van der Waals surface area contributed by atoms with E-state index < -0.39 is 24.0 Å². The van der Waals surface area contributed by atoms with Crippen LogP contribution in [0.25, 0.3) is 0 Å². The third kappa shape index (κ3) is 4.89. The number of methoxy groups -OCH3 is 1. The second-order valence-electron chi connectivity index (χ2n) is 11.2. The van der Waals surface area contributed by atoms with Crippen molar-refractivity contribution >= 4 is 11.8 Å². The molecule has 8 nitrogen and oxygen atoms in total. The first-order chi connectivity index (χ1) is 18.3. The quantitative estimate of drug-likeness (QED) is 0.419. The summed E-state index contributed by atoms with van der Waals surface area (Å²) in [5.41, 5.74) is 1.39. The van der Waals surface area contributed by atoms with Crippen molar-refractivity contribution in [3.63, 3.8) is 0 Å². The smallest absolute Gasteiger partial charge is 0.392 e. The van der Waals surface area contributed by atoms with E-state index in [1.54, 1.807) is 6.20 Å². The molecule has 4 atom stereocenters. The number of nitrogens with zero attached hydrogens (tertiary/aromatic N) is 4. The van der Waals surface area contributed by atoms with Gasteiger partial charge in [0.05, 0.1) is 43.8 Å². The predicted octanol–water partition coefficient (Wildman–Crippen LogP) is 5.68. The average Bonchev–Trinajstić information content (AvgIpc) is 3.62. The van der Waals surface area contributed by atoms with Crippen molar-refractivity contribution in [2.75, 3.05) is 12.0 Å². The Balaban J connectivity index is 1.16. The summed E-state index contributed by atoms with van der Waals surface area (Å²) < 4.78 is 58.5. The maximum Gasteiger partial charge on any atom is 0.392 e. The normalized spacial score (nSPS) is 29.5. The van der Waals surface area contributed by atoms with Crippen LogP contribution in [-0.2, 0) is 16.1 Å². The van der Waals surface area contributed by atoms with E-state index in [9.17, 15) is 18.0 Å². The second-order valence-corrected chi connectivity index (χ2v) is 11.2. The Hall–Kier alpha value is -2.69. The summed E-state index contributed by atoms with van der Waals surface area (Å²) in [6, 6.07) is 0.463. The molecule has 11 heteroatoms. The van der Waals surface area contributed by atoms with Crippen LogP contribution in [0.15, 0.2) is 16.9 Å². The molecule has 4 heterocycles. The Morgan fingerprint density at radius 2 is 1.79 bits per heavy atom. The van der Waals surface area contributed by atoms with Gasteiger partial charge in [-0.15, -0.1) is 0 Å². The van der Waals surface area contributed by atoms with Crippen LogP contribution in [0.3, 0.4) is 0 Å². The number of esters is 1. The molecule has 4 unspecified atom stereocenters. The molecule has 6 rings (SSSR count). The van der Waals surface area contributed by atoms with Crippen molar-refractivity contribution in [3.05, 3.63) is 35.1 Å². The SMILES string of the molecule is COC(=O)c1cnc(N2C3CCC2CC(OCc2c(C4CCCCC4C(F)(F)F)noc2C2CC2)C3)cn1. The molecule has 0 amide bonds. The van der Waals surface area contributed by atoms with Crippen LogP contribution in [-0.4, -0.2) is 52.6 Å². The monoisotopic (exact) mass is 534 g/mol. The van der Waals surface area contributed by atoms with Crippen LogP contribution in [0.2, 0.25) is 0 Å². The van der Waals surface area contributed by atoms with E-state index in [0.717, 1.165) is 62.1 Å². The molecular formula is C27H33F3N4O4. The molecule has 4 fully saturated rings. The molecule has 4 aliphatic rings. The van der Waals surface area contributed by atoms with E-state index >= 15 is 0 Å². The number of hydrogen-bond donors (Lipinski definition) is 0. The fourth-order valence-corrected chi connectivity index (χ4v) is 6.79. The molecule has 0 aromatic carbocycles. The maximum atomic E-state index is 13.9. The molecule has 2 aliphatic heterocycles. The summed E-state index contributed by atoms with van der Waals surface area (Å²) in [7, 11) is 1.31. The van der Waals surface area contributed by atoms with Crippen LogP contribution in [0, 0.1) is 5.92 Å². The van der Waals surface area contributed by atoms with Crippen molar-refractivity contribution in [2.45, 2.75) is 107 Å². The lowest BCUT2D eigenvalue weighted by Gasteiger charge is -2.39. The van der Waals surface area contributed by atoms with Gasteiger partial charge in [0, 0.05) is 29.5 Å². The van der Waals surface area contributed by atoms with Gasteiger partial charge in [0.2, 0.25) is 0 Å². The summed E-state index contributed by atoms with van der Waals surface area (Å²) in [4.78, 5) is 22.6. The van der Waals surface area contributed by atoms with Gasteiger partial charge in [-0.25, -0.2) is 14.8 Å². The first-order valence-electron chi connectivity index (χ1n) is 13.7. The number of aromatic nitrogens is 3. The molecule has 2 bridgehead atoms. The molecular weight excluding hydrogens is 501 g/mol. The number of carbonyl (C=O) groups is 1. The summed E-state index contributed by atoms with van der Waals surface area (Å²) in [5.74, 6) is -0.856. The summed E-state index contributed by atoms with van der Waals surface area (Å²) in [6.07, 6.45) is 6.36. The molecule has 206 valence electrons. The highest BCUT2D eigenvalue weighted by Gasteiger charge is 2.49. The minimum Gasteiger partial charge on any atom is -0.464 e. The van der Waals surface area contributed by atoms with E-state index in [1.165, 1.54) is 13.3 Å². The number of alkyl halides is 3. The Kier molecular flexibility index (Phi) is 6.82. The maximum absolute atomic E-state index is 13.9. The van der Waals surface area contributed by atoms with Crippen molar-refractivity contribution in [3.8, 4) is 0 Å². The molecule has 0 spiro atoms. The first-order valence-corrected chi connectivity index (χ1v) is 13.7. The largest absolute Gasteiger partial charge is 0.464 e. The fourth-order valence-electron chi connectivity index (χ4n) is 6.79. The third-order valence-electron chi connectivity index (χ3n) is 8.79. The highest BCUT2D eigenvalue weighted by atomic mass is 19.4. The van der Waals surface area contributed by atoms with Gasteiger partial charge in [0.25, 0.3) is 0 Å². The zero-order chi connectivity index (χ0) is 26.4. The van der Waals surface area contributed by atoms with Crippen molar-refractivity contribution < 1.29 is 32.0 Å². The Morgan fingerprint density at radius 3 is 2.42 bits per heavy atom. The molecule has 2 aromatic heterocycles. The van der Waals surface area contributed by atoms with E-state index in [2.05, 4.69) is 20.0 Å². The van der Waals surface area contributed by atoms with Gasteiger partial charge in [0.1, 0.15) is 11.6 Å². The number of halogens is 3. The number of piperidine rings is 1. The van der Waals surface area contributed by atoms with Crippen LogP contribution in [0.5, 0.6) is 0 Å². The van der Waals surface area contributed by atoms with Crippen LogP contribution < -0.4 is 4.90 Å². The zero-order valence-corrected chi connectivity index (χ0v) is 21.5. The van der Waals surface area contributed by atoms with Crippen molar-refractivity contribution in [2.24, 2.45) is 5.92 Å². The van der Waals surface area contributed by atoms with Gasteiger partial charge in [-0.3, -0.25) is 0 Å². The summed E-state index contributed by atoms with van der Waals surface area (Å²) >= 11 is 0. The van der Waals surface area contributed by atoms with Crippen molar-refractivity contribution in [1.82, 2.24) is 15.1 Å². The first kappa shape index (κ1) is 25.6. The lowest BCUT2D eigenvalue weighted by molar-refractivity contribution is -0.187. The molecule has 2 saturated carbocycles. The molecule has 2 aromatic rings. The number of hydrogen-bond acceptors (Lipinski definition) is 8. The highest BCUT2D eigenvalue weighted by Crippen LogP contribution is 2.50.